The lowest BCUT2D eigenvalue weighted by atomic mass is 9.55. The van der Waals surface area contributed by atoms with Crippen LogP contribution in [0.5, 0.6) is 0 Å². The van der Waals surface area contributed by atoms with Crippen molar-refractivity contribution in [1.82, 2.24) is 0 Å². The topological polar surface area (TPSA) is 99.4 Å². The molecule has 0 aromatic heterocycles. The number of aliphatic hydroxyl groups excluding tert-OH is 4. The molecule has 8 unspecified atom stereocenters. The molecule has 0 aromatic rings. The van der Waals surface area contributed by atoms with Crippen LogP contribution in [0.15, 0.2) is 0 Å². The van der Waals surface area contributed by atoms with Crippen LogP contribution in [0.2, 0.25) is 0 Å². The number of ether oxygens (including phenoxy) is 2. The average molecular weight is 525 g/mol. The van der Waals surface area contributed by atoms with Gasteiger partial charge in [-0.25, -0.2) is 0 Å². The van der Waals surface area contributed by atoms with Crippen molar-refractivity contribution in [3.63, 3.8) is 0 Å². The van der Waals surface area contributed by atoms with Crippen molar-refractivity contribution >= 4 is 0 Å². The number of alkyl halides is 6. The molecule has 12 heteroatoms. The first-order valence-electron chi connectivity index (χ1n) is 12.1. The second-order valence-electron chi connectivity index (χ2n) is 10.3. The highest BCUT2D eigenvalue weighted by Crippen LogP contribution is 2.65. The van der Waals surface area contributed by atoms with Gasteiger partial charge < -0.3 is 29.9 Å². The number of aliphatic hydroxyl groups is 4. The van der Waals surface area contributed by atoms with Gasteiger partial charge in [-0.3, -0.25) is 0 Å². The van der Waals surface area contributed by atoms with E-state index in [1.807, 2.05) is 0 Å². The zero-order valence-corrected chi connectivity index (χ0v) is 20.1. The average Bonchev–Trinajstić information content (AvgIpc) is 2.75. The fraction of sp³-hybridized carbons (Fsp3) is 1.00. The minimum atomic E-state index is -5.51. The van der Waals surface area contributed by atoms with Crippen molar-refractivity contribution in [3.8, 4) is 0 Å². The van der Waals surface area contributed by atoms with Gasteiger partial charge in [-0.2, -0.15) is 26.3 Å². The second kappa shape index (κ2) is 12.3. The smallest absolute Gasteiger partial charge is 0.394 e. The molecule has 2 fully saturated rings. The lowest BCUT2D eigenvalue weighted by molar-refractivity contribution is -0.385. The van der Waals surface area contributed by atoms with Gasteiger partial charge in [0, 0.05) is 0 Å². The number of rotatable bonds is 10. The lowest BCUT2D eigenvalue weighted by Gasteiger charge is -2.53. The molecule has 0 saturated heterocycles. The van der Waals surface area contributed by atoms with E-state index in [-0.39, 0.29) is 51.7 Å². The first-order valence-corrected chi connectivity index (χ1v) is 12.1. The predicted molar refractivity (Wildman–Crippen MR) is 113 cm³/mol. The first-order chi connectivity index (χ1) is 16.2. The zero-order valence-electron chi connectivity index (χ0n) is 20.1. The molecule has 2 saturated carbocycles. The van der Waals surface area contributed by atoms with Gasteiger partial charge in [0.25, 0.3) is 0 Å². The molecule has 0 amide bonds. The van der Waals surface area contributed by atoms with Gasteiger partial charge in [-0.05, 0) is 62.2 Å². The van der Waals surface area contributed by atoms with E-state index in [9.17, 15) is 36.6 Å². The molecule has 8 atom stereocenters. The molecule has 35 heavy (non-hydrogen) atoms. The molecular weight excluding hydrogens is 486 g/mol. The van der Waals surface area contributed by atoms with Gasteiger partial charge in [0.1, 0.15) is 12.2 Å². The fourth-order valence-corrected chi connectivity index (χ4v) is 6.05. The maximum atomic E-state index is 14.6. The van der Waals surface area contributed by atoms with E-state index in [0.717, 1.165) is 0 Å². The fourth-order valence-electron chi connectivity index (χ4n) is 6.05. The Morgan fingerprint density at radius 3 is 1.29 bits per heavy atom. The van der Waals surface area contributed by atoms with Crippen LogP contribution in [0.3, 0.4) is 0 Å². The monoisotopic (exact) mass is 524 g/mol. The molecule has 4 N–H and O–H groups in total. The maximum Gasteiger partial charge on any atom is 0.403 e. The van der Waals surface area contributed by atoms with Crippen LogP contribution in [0.4, 0.5) is 26.3 Å². The van der Waals surface area contributed by atoms with E-state index >= 15 is 0 Å². The van der Waals surface area contributed by atoms with Crippen LogP contribution >= 0.6 is 0 Å². The highest BCUT2D eigenvalue weighted by atomic mass is 19.4. The van der Waals surface area contributed by atoms with Crippen molar-refractivity contribution in [2.45, 2.75) is 89.1 Å². The van der Waals surface area contributed by atoms with E-state index in [4.69, 9.17) is 19.7 Å². The summed E-state index contributed by atoms with van der Waals surface area (Å²) in [5.41, 5.74) is -3.87. The zero-order chi connectivity index (χ0) is 26.6. The Labute approximate surface area is 201 Å². The van der Waals surface area contributed by atoms with Gasteiger partial charge in [-0.1, -0.05) is 13.8 Å². The Balaban J connectivity index is 2.26. The molecule has 208 valence electrons. The van der Waals surface area contributed by atoms with Gasteiger partial charge >= 0.3 is 12.4 Å². The summed E-state index contributed by atoms with van der Waals surface area (Å²) in [7, 11) is 0. The van der Waals surface area contributed by atoms with Gasteiger partial charge in [0.05, 0.1) is 38.6 Å². The summed E-state index contributed by atoms with van der Waals surface area (Å²) in [5, 5.41) is 36.7. The Bertz CT molecular complexity index is 591. The third kappa shape index (κ3) is 6.81. The van der Waals surface area contributed by atoms with E-state index < -0.39 is 79.1 Å². The summed E-state index contributed by atoms with van der Waals surface area (Å²) >= 11 is 0. The highest BCUT2D eigenvalue weighted by molar-refractivity contribution is 5.06. The standard InChI is InChI=1S/C23H38F6O6/c1-13-7-15(3-5-19(13)34-11-17(32)9-30)21(22(24,25)26,23(27,28)29)16-4-6-20(14(2)8-16)35-12-18(33)10-31/h13-20,30-33H,3-12H2,1-2H3. The first kappa shape index (κ1) is 30.6. The maximum absolute atomic E-state index is 14.6. The number of hydrogen-bond donors (Lipinski definition) is 4. The predicted octanol–water partition coefficient (Wildman–Crippen LogP) is 3.45. The Morgan fingerprint density at radius 1 is 0.686 bits per heavy atom. The van der Waals surface area contributed by atoms with Gasteiger partial charge in [0.2, 0.25) is 0 Å². The molecule has 2 rings (SSSR count). The third-order valence-electron chi connectivity index (χ3n) is 7.83. The Morgan fingerprint density at radius 2 is 1.03 bits per heavy atom. The summed E-state index contributed by atoms with van der Waals surface area (Å²) in [6.45, 7) is 1.51. The van der Waals surface area contributed by atoms with E-state index in [0.29, 0.717) is 0 Å². The molecule has 0 aromatic carbocycles. The Kier molecular flexibility index (Phi) is 10.7. The van der Waals surface area contributed by atoms with Gasteiger partial charge in [0.15, 0.2) is 5.41 Å². The molecule has 0 bridgehead atoms. The molecule has 0 radical (unpaired) electrons. The summed E-state index contributed by atoms with van der Waals surface area (Å²) in [6.07, 6.45) is -15.9. The largest absolute Gasteiger partial charge is 0.403 e. The number of hydrogen-bond acceptors (Lipinski definition) is 6. The van der Waals surface area contributed by atoms with Crippen molar-refractivity contribution < 1.29 is 56.2 Å². The van der Waals surface area contributed by atoms with E-state index in [1.54, 1.807) is 13.8 Å². The SMILES string of the molecule is CC1CC(C(C2CCC(OCC(O)CO)C(C)C2)(C(F)(F)F)C(F)(F)F)CCC1OCC(O)CO. The Hall–Kier alpha value is -0.660. The van der Waals surface area contributed by atoms with E-state index in [1.165, 1.54) is 0 Å². The molecule has 2 aliphatic rings. The summed E-state index contributed by atoms with van der Waals surface area (Å²) in [4.78, 5) is 0. The number of halogens is 6. The highest BCUT2D eigenvalue weighted by Gasteiger charge is 2.76. The summed E-state index contributed by atoms with van der Waals surface area (Å²) in [5.74, 6) is -4.54. The normalized spacial score (nSPS) is 32.9. The molecular formula is C23H38F6O6. The van der Waals surface area contributed by atoms with Crippen LogP contribution in [-0.2, 0) is 9.47 Å². The van der Waals surface area contributed by atoms with E-state index in [2.05, 4.69) is 0 Å². The van der Waals surface area contributed by atoms with Crippen molar-refractivity contribution in [2.24, 2.45) is 29.1 Å². The van der Waals surface area contributed by atoms with Crippen molar-refractivity contribution in [3.05, 3.63) is 0 Å². The van der Waals surface area contributed by atoms with Gasteiger partial charge in [-0.15, -0.1) is 0 Å². The lowest BCUT2D eigenvalue weighted by Crippen LogP contribution is -2.62. The third-order valence-corrected chi connectivity index (χ3v) is 7.83. The molecule has 0 heterocycles. The second-order valence-corrected chi connectivity index (χ2v) is 10.3. The molecule has 2 aliphatic carbocycles. The van der Waals surface area contributed by atoms with Crippen LogP contribution in [-0.4, -0.2) is 83.6 Å². The van der Waals surface area contributed by atoms with Crippen molar-refractivity contribution in [2.75, 3.05) is 26.4 Å². The minimum Gasteiger partial charge on any atom is -0.394 e. The molecule has 0 spiro atoms. The van der Waals surface area contributed by atoms with Crippen LogP contribution in [0.25, 0.3) is 0 Å². The molecule has 0 aliphatic heterocycles. The van der Waals surface area contributed by atoms with Crippen molar-refractivity contribution in [1.29, 1.82) is 0 Å². The minimum absolute atomic E-state index is 0.00898. The summed E-state index contributed by atoms with van der Waals surface area (Å²) < 4.78 is 98.5. The summed E-state index contributed by atoms with van der Waals surface area (Å²) in [6, 6.07) is 0. The van der Waals surface area contributed by atoms with Crippen LogP contribution < -0.4 is 0 Å². The quantitative estimate of drug-likeness (QED) is 0.327. The van der Waals surface area contributed by atoms with Crippen LogP contribution in [0.1, 0.15) is 52.4 Å². The molecule has 6 nitrogen and oxygen atoms in total. The van der Waals surface area contributed by atoms with Crippen LogP contribution in [0, 0.1) is 29.1 Å².